The number of nitrogens with zero attached hydrogens (tertiary/aromatic N) is 2. The van der Waals surface area contributed by atoms with Crippen LogP contribution in [0.3, 0.4) is 0 Å². The topological polar surface area (TPSA) is 40.6 Å². The Morgan fingerprint density at radius 3 is 2.60 bits per heavy atom. The number of fused-ring (bicyclic) bond motifs is 1. The highest BCUT2D eigenvalue weighted by molar-refractivity contribution is 8.01. The number of thioether (sulfide) groups is 1. The van der Waals surface area contributed by atoms with E-state index in [0.717, 1.165) is 41.7 Å². The number of carbonyl (C=O) groups is 2. The van der Waals surface area contributed by atoms with Crippen LogP contribution >= 0.6 is 23.1 Å². The minimum absolute atomic E-state index is 0.0669. The molecule has 1 amide bonds. The van der Waals surface area contributed by atoms with Crippen LogP contribution in [0, 0.1) is 6.92 Å². The number of carbonyl (C=O) groups excluding carboxylic acids is 2. The molecule has 1 fully saturated rings. The zero-order chi connectivity index (χ0) is 17.4. The number of piperazine rings is 1. The van der Waals surface area contributed by atoms with Crippen molar-refractivity contribution >= 4 is 40.5 Å². The fourth-order valence-electron chi connectivity index (χ4n) is 3.38. The highest BCUT2D eigenvalue weighted by Gasteiger charge is 2.27. The van der Waals surface area contributed by atoms with Crippen molar-refractivity contribution in [3.05, 3.63) is 46.3 Å². The maximum Gasteiger partial charge on any atom is 0.264 e. The van der Waals surface area contributed by atoms with E-state index in [1.54, 1.807) is 11.8 Å². The van der Waals surface area contributed by atoms with Crippen LogP contribution in [0.5, 0.6) is 0 Å². The Hall–Kier alpha value is -1.79. The highest BCUT2D eigenvalue weighted by atomic mass is 32.2. The first-order chi connectivity index (χ1) is 12.1. The van der Waals surface area contributed by atoms with Gasteiger partial charge in [0.2, 0.25) is 0 Å². The van der Waals surface area contributed by atoms with Crippen molar-refractivity contribution in [2.45, 2.75) is 17.6 Å². The van der Waals surface area contributed by atoms with Crippen molar-refractivity contribution in [2.24, 2.45) is 0 Å². The van der Waals surface area contributed by atoms with Gasteiger partial charge in [-0.05, 0) is 24.6 Å². The van der Waals surface area contributed by atoms with Crippen molar-refractivity contribution in [3.8, 4) is 0 Å². The number of rotatable bonds is 2. The third-order valence-electron chi connectivity index (χ3n) is 4.79. The number of aryl methyl sites for hydroxylation is 1. The first kappa shape index (κ1) is 16.7. The predicted molar refractivity (Wildman–Crippen MR) is 103 cm³/mol. The SMILES string of the molecule is Cc1ccccc1N1CCN(C(=O)c2cc3c(s2)SCCC3=O)CC1. The summed E-state index contributed by atoms with van der Waals surface area (Å²) in [5.74, 6) is 1.07. The Kier molecular flexibility index (Phi) is 4.56. The van der Waals surface area contributed by atoms with E-state index in [1.807, 2.05) is 11.0 Å². The number of benzene rings is 1. The molecule has 0 saturated carbocycles. The maximum absolute atomic E-state index is 12.8. The van der Waals surface area contributed by atoms with E-state index in [0.29, 0.717) is 11.3 Å². The molecular formula is C19H20N2O2S2. The number of hydrogen-bond donors (Lipinski definition) is 0. The Morgan fingerprint density at radius 1 is 1.12 bits per heavy atom. The lowest BCUT2D eigenvalue weighted by atomic mass is 10.1. The molecule has 0 atom stereocenters. The van der Waals surface area contributed by atoms with E-state index in [4.69, 9.17) is 0 Å². The van der Waals surface area contributed by atoms with Gasteiger partial charge >= 0.3 is 0 Å². The summed E-state index contributed by atoms with van der Waals surface area (Å²) in [7, 11) is 0. The number of amides is 1. The van der Waals surface area contributed by atoms with Gasteiger partial charge in [0, 0.05) is 49.6 Å². The minimum atomic E-state index is 0.0669. The summed E-state index contributed by atoms with van der Waals surface area (Å²) in [6.07, 6.45) is 0.580. The van der Waals surface area contributed by atoms with E-state index >= 15 is 0 Å². The fraction of sp³-hybridized carbons (Fsp3) is 0.368. The summed E-state index contributed by atoms with van der Waals surface area (Å²) >= 11 is 3.17. The summed E-state index contributed by atoms with van der Waals surface area (Å²) in [6, 6.07) is 10.2. The molecule has 1 saturated heterocycles. The van der Waals surface area contributed by atoms with Crippen LogP contribution in [0.2, 0.25) is 0 Å². The molecule has 2 aliphatic rings. The molecule has 0 N–H and O–H groups in total. The average Bonchev–Trinajstić information content (AvgIpc) is 3.07. The highest BCUT2D eigenvalue weighted by Crippen LogP contribution is 2.37. The van der Waals surface area contributed by atoms with Crippen molar-refractivity contribution in [1.82, 2.24) is 4.90 Å². The smallest absolute Gasteiger partial charge is 0.264 e. The lowest BCUT2D eigenvalue weighted by Gasteiger charge is -2.36. The van der Waals surface area contributed by atoms with Gasteiger partial charge in [-0.3, -0.25) is 9.59 Å². The second kappa shape index (κ2) is 6.84. The van der Waals surface area contributed by atoms with Gasteiger partial charge in [-0.25, -0.2) is 0 Å². The van der Waals surface area contributed by atoms with Crippen LogP contribution in [0.25, 0.3) is 0 Å². The first-order valence-corrected chi connectivity index (χ1v) is 10.3. The van der Waals surface area contributed by atoms with E-state index < -0.39 is 0 Å². The van der Waals surface area contributed by atoms with Crippen molar-refractivity contribution in [1.29, 1.82) is 0 Å². The van der Waals surface area contributed by atoms with Gasteiger partial charge in [-0.1, -0.05) is 18.2 Å². The minimum Gasteiger partial charge on any atom is -0.368 e. The third kappa shape index (κ3) is 3.20. The van der Waals surface area contributed by atoms with Crippen molar-refractivity contribution in [3.63, 3.8) is 0 Å². The van der Waals surface area contributed by atoms with E-state index in [2.05, 4.69) is 36.1 Å². The molecule has 3 heterocycles. The van der Waals surface area contributed by atoms with Gasteiger partial charge in [0.05, 0.1) is 9.09 Å². The normalized spacial score (nSPS) is 17.6. The van der Waals surface area contributed by atoms with E-state index in [1.165, 1.54) is 22.6 Å². The van der Waals surface area contributed by atoms with Crippen LogP contribution in [-0.2, 0) is 0 Å². The molecule has 0 aliphatic carbocycles. The molecule has 1 aromatic heterocycles. The van der Waals surface area contributed by atoms with Crippen LogP contribution in [0.1, 0.15) is 32.0 Å². The molecule has 130 valence electrons. The Balaban J connectivity index is 1.45. The summed E-state index contributed by atoms with van der Waals surface area (Å²) in [6.45, 7) is 5.25. The number of para-hydroxylation sites is 1. The Bertz CT molecular complexity index is 823. The molecule has 25 heavy (non-hydrogen) atoms. The molecule has 0 unspecified atom stereocenters. The Morgan fingerprint density at radius 2 is 1.88 bits per heavy atom. The molecule has 2 aliphatic heterocycles. The summed E-state index contributed by atoms with van der Waals surface area (Å²) < 4.78 is 1.01. The maximum atomic E-state index is 12.8. The predicted octanol–water partition coefficient (Wildman–Crippen LogP) is 3.70. The Labute approximate surface area is 155 Å². The summed E-state index contributed by atoms with van der Waals surface area (Å²) in [5, 5.41) is 0. The second-order valence-electron chi connectivity index (χ2n) is 6.40. The number of thiophene rings is 1. The lowest BCUT2D eigenvalue weighted by molar-refractivity contribution is 0.0751. The molecule has 1 aromatic carbocycles. The van der Waals surface area contributed by atoms with Crippen molar-refractivity contribution in [2.75, 3.05) is 36.8 Å². The second-order valence-corrected chi connectivity index (χ2v) is 8.81. The quantitative estimate of drug-likeness (QED) is 0.806. The van der Waals surface area contributed by atoms with Gasteiger partial charge in [0.15, 0.2) is 5.78 Å². The number of anilines is 1. The monoisotopic (exact) mass is 372 g/mol. The molecular weight excluding hydrogens is 352 g/mol. The summed E-state index contributed by atoms with van der Waals surface area (Å²) in [4.78, 5) is 29.8. The lowest BCUT2D eigenvalue weighted by Crippen LogP contribution is -2.48. The largest absolute Gasteiger partial charge is 0.368 e. The van der Waals surface area contributed by atoms with Crippen LogP contribution in [0.4, 0.5) is 5.69 Å². The van der Waals surface area contributed by atoms with Gasteiger partial charge in [0.1, 0.15) is 0 Å². The number of hydrogen-bond acceptors (Lipinski definition) is 5. The zero-order valence-electron chi connectivity index (χ0n) is 14.2. The zero-order valence-corrected chi connectivity index (χ0v) is 15.8. The third-order valence-corrected chi connectivity index (χ3v) is 7.21. The molecule has 6 heteroatoms. The van der Waals surface area contributed by atoms with Gasteiger partial charge in [0.25, 0.3) is 5.91 Å². The van der Waals surface area contributed by atoms with Crippen LogP contribution in [-0.4, -0.2) is 48.5 Å². The van der Waals surface area contributed by atoms with E-state index in [9.17, 15) is 9.59 Å². The van der Waals surface area contributed by atoms with E-state index in [-0.39, 0.29) is 11.7 Å². The first-order valence-electron chi connectivity index (χ1n) is 8.53. The average molecular weight is 373 g/mol. The standard InChI is InChI=1S/C19H20N2O2S2/c1-13-4-2-3-5-15(13)20-7-9-21(10-8-20)18(23)17-12-14-16(22)6-11-24-19(14)25-17/h2-5,12H,6-11H2,1H3. The molecule has 4 nitrogen and oxygen atoms in total. The molecule has 0 radical (unpaired) electrons. The van der Waals surface area contributed by atoms with Crippen LogP contribution in [0.15, 0.2) is 34.5 Å². The van der Waals surface area contributed by atoms with Gasteiger partial charge in [-0.2, -0.15) is 0 Å². The number of Topliss-reactive ketones (excluding diaryl/α,β-unsaturated/α-hetero) is 1. The summed E-state index contributed by atoms with van der Waals surface area (Å²) in [5.41, 5.74) is 3.27. The van der Waals surface area contributed by atoms with Gasteiger partial charge < -0.3 is 9.80 Å². The molecule has 4 rings (SSSR count). The fourth-order valence-corrected chi connectivity index (χ4v) is 5.81. The molecule has 0 spiro atoms. The van der Waals surface area contributed by atoms with Gasteiger partial charge in [-0.15, -0.1) is 23.1 Å². The van der Waals surface area contributed by atoms with Crippen LogP contribution < -0.4 is 4.90 Å². The van der Waals surface area contributed by atoms with Crippen molar-refractivity contribution < 1.29 is 9.59 Å². The molecule has 2 aromatic rings. The number of ketones is 1. The molecule has 0 bridgehead atoms.